The molecule has 11 heteroatoms. The van der Waals surface area contributed by atoms with Gasteiger partial charge in [-0.3, -0.25) is 9.89 Å². The summed E-state index contributed by atoms with van der Waals surface area (Å²) in [5.74, 6) is 0.300. The number of piperidine rings is 1. The first-order chi connectivity index (χ1) is 19.8. The van der Waals surface area contributed by atoms with Crippen LogP contribution in [0.25, 0.3) is 11.8 Å². The summed E-state index contributed by atoms with van der Waals surface area (Å²) in [6.07, 6.45) is 10.6. The van der Waals surface area contributed by atoms with Crippen LogP contribution in [0.5, 0.6) is 0 Å². The number of aromatic nitrogens is 2. The summed E-state index contributed by atoms with van der Waals surface area (Å²) in [6, 6.07) is 6.27. The largest absolute Gasteiger partial charge is 0.380 e. The highest BCUT2D eigenvalue weighted by atomic mass is 32.2. The fraction of sp³-hybridized carbons (Fsp3) is 0.533. The topological polar surface area (TPSA) is 80.0 Å². The lowest BCUT2D eigenvalue weighted by Crippen LogP contribution is -2.52. The first-order valence-corrected chi connectivity index (χ1v) is 16.0. The average Bonchev–Trinajstić information content (AvgIpc) is 3.56. The van der Waals surface area contributed by atoms with Gasteiger partial charge in [0.25, 0.3) is 0 Å². The molecule has 0 amide bonds. The summed E-state index contributed by atoms with van der Waals surface area (Å²) in [6.45, 7) is 2.81. The molecule has 5 aliphatic rings. The van der Waals surface area contributed by atoms with Crippen molar-refractivity contribution in [2.45, 2.75) is 50.9 Å². The summed E-state index contributed by atoms with van der Waals surface area (Å²) < 4.78 is 64.7. The molecule has 1 aromatic carbocycles. The number of alkyl halides is 1. The van der Waals surface area contributed by atoms with E-state index in [1.165, 1.54) is 31.2 Å². The zero-order chi connectivity index (χ0) is 28.2. The van der Waals surface area contributed by atoms with Gasteiger partial charge in [-0.25, -0.2) is 21.9 Å². The number of aliphatic imine (C=N–C) groups is 1. The smallest absolute Gasteiger partial charge is 0.244 e. The van der Waals surface area contributed by atoms with E-state index < -0.39 is 21.6 Å². The molecule has 0 N–H and O–H groups in total. The zero-order valence-electron chi connectivity index (χ0n) is 23.0. The molecule has 0 radical (unpaired) electrons. The molecular weight excluding hydrogens is 548 g/mol. The van der Waals surface area contributed by atoms with Gasteiger partial charge in [-0.05, 0) is 73.9 Å². The molecule has 4 heterocycles. The van der Waals surface area contributed by atoms with Crippen molar-refractivity contribution in [3.63, 3.8) is 0 Å². The Hall–Kier alpha value is -2.73. The minimum atomic E-state index is -3.77. The van der Waals surface area contributed by atoms with Gasteiger partial charge < -0.3 is 4.74 Å². The maximum Gasteiger partial charge on any atom is 0.244 e. The lowest BCUT2D eigenvalue weighted by atomic mass is 9.69. The van der Waals surface area contributed by atoms with Crippen LogP contribution in [0, 0.1) is 17.2 Å². The number of halogens is 2. The third-order valence-electron chi connectivity index (χ3n) is 9.14. The van der Waals surface area contributed by atoms with E-state index in [0.29, 0.717) is 71.0 Å². The third-order valence-corrected chi connectivity index (χ3v) is 11.0. The van der Waals surface area contributed by atoms with E-state index in [0.717, 1.165) is 22.5 Å². The second kappa shape index (κ2) is 10.5. The molecule has 2 saturated heterocycles. The van der Waals surface area contributed by atoms with Crippen molar-refractivity contribution in [3.8, 4) is 5.69 Å². The van der Waals surface area contributed by atoms with Crippen LogP contribution in [-0.4, -0.2) is 85.3 Å². The molecule has 7 rings (SSSR count). The number of allylic oxidation sites excluding steroid dienone is 1. The van der Waals surface area contributed by atoms with Gasteiger partial charge in [-0.2, -0.15) is 9.40 Å². The van der Waals surface area contributed by atoms with Gasteiger partial charge in [0.05, 0.1) is 29.1 Å². The van der Waals surface area contributed by atoms with Crippen LogP contribution in [0.3, 0.4) is 0 Å². The maximum atomic E-state index is 13.9. The minimum Gasteiger partial charge on any atom is -0.380 e. The second-order valence-corrected chi connectivity index (χ2v) is 14.0. The first kappa shape index (κ1) is 27.1. The highest BCUT2D eigenvalue weighted by molar-refractivity contribution is 7.93. The van der Waals surface area contributed by atoms with Crippen LogP contribution in [0.4, 0.5) is 8.78 Å². The third kappa shape index (κ3) is 5.22. The van der Waals surface area contributed by atoms with Gasteiger partial charge in [0, 0.05) is 50.8 Å². The van der Waals surface area contributed by atoms with Crippen LogP contribution in [-0.2, 0) is 21.2 Å². The predicted octanol–water partition coefficient (Wildman–Crippen LogP) is 4.13. The van der Waals surface area contributed by atoms with E-state index in [1.54, 1.807) is 22.5 Å². The summed E-state index contributed by atoms with van der Waals surface area (Å²) in [5, 5.41) is 4.61. The summed E-state index contributed by atoms with van der Waals surface area (Å²) in [7, 11) is -3.77. The van der Waals surface area contributed by atoms with Crippen LogP contribution in [0.1, 0.15) is 43.4 Å². The van der Waals surface area contributed by atoms with E-state index in [9.17, 15) is 17.2 Å². The van der Waals surface area contributed by atoms with Crippen molar-refractivity contribution in [1.29, 1.82) is 0 Å². The molecule has 3 aliphatic heterocycles. The molecule has 1 saturated carbocycles. The zero-order valence-corrected chi connectivity index (χ0v) is 23.8. The molecule has 1 unspecified atom stereocenters. The Morgan fingerprint density at radius 1 is 1.12 bits per heavy atom. The van der Waals surface area contributed by atoms with E-state index in [2.05, 4.69) is 16.2 Å². The Bertz CT molecular complexity index is 1510. The van der Waals surface area contributed by atoms with E-state index >= 15 is 0 Å². The lowest BCUT2D eigenvalue weighted by Gasteiger charge is -2.46. The maximum absolute atomic E-state index is 13.9. The number of hydrogen-bond acceptors (Lipinski definition) is 6. The van der Waals surface area contributed by atoms with Gasteiger partial charge in [0.15, 0.2) is 0 Å². The number of likely N-dealkylation sites (tertiary alicyclic amines) is 1. The van der Waals surface area contributed by atoms with Crippen LogP contribution in [0.2, 0.25) is 0 Å². The number of hydrogen-bond donors (Lipinski definition) is 0. The number of benzene rings is 1. The molecule has 0 bridgehead atoms. The summed E-state index contributed by atoms with van der Waals surface area (Å²) >= 11 is 0. The highest BCUT2D eigenvalue weighted by Gasteiger charge is 2.47. The molecule has 41 heavy (non-hydrogen) atoms. The number of rotatable bonds is 8. The predicted molar refractivity (Wildman–Crippen MR) is 152 cm³/mol. The van der Waals surface area contributed by atoms with Gasteiger partial charge >= 0.3 is 0 Å². The second-order valence-electron chi connectivity index (χ2n) is 12.1. The molecular formula is C30H35F2N5O3S. The van der Waals surface area contributed by atoms with Crippen molar-refractivity contribution in [2.75, 3.05) is 39.4 Å². The van der Waals surface area contributed by atoms with Crippen molar-refractivity contribution in [2.24, 2.45) is 16.3 Å². The van der Waals surface area contributed by atoms with Crippen molar-refractivity contribution >= 4 is 22.3 Å². The number of dihydropyridines is 1. The van der Waals surface area contributed by atoms with Gasteiger partial charge in [-0.1, -0.05) is 11.6 Å². The van der Waals surface area contributed by atoms with Crippen molar-refractivity contribution in [1.82, 2.24) is 19.0 Å². The summed E-state index contributed by atoms with van der Waals surface area (Å²) in [5.41, 5.74) is 3.42. The number of fused-ring (bicyclic) bond motifs is 2. The van der Waals surface area contributed by atoms with Crippen molar-refractivity contribution in [3.05, 3.63) is 64.1 Å². The minimum absolute atomic E-state index is 0.206. The molecule has 3 atom stereocenters. The molecule has 2 aliphatic carbocycles. The van der Waals surface area contributed by atoms with E-state index in [4.69, 9.17) is 4.74 Å². The Morgan fingerprint density at radius 3 is 2.66 bits per heavy atom. The Balaban J connectivity index is 1.14. The molecule has 3 fully saturated rings. The Kier molecular flexibility index (Phi) is 6.96. The molecule has 1 aromatic heterocycles. The molecule has 8 nitrogen and oxygen atoms in total. The highest BCUT2D eigenvalue weighted by Crippen LogP contribution is 2.46. The molecule has 218 valence electrons. The fourth-order valence-electron chi connectivity index (χ4n) is 6.60. The van der Waals surface area contributed by atoms with Crippen LogP contribution in [0.15, 0.2) is 52.0 Å². The van der Waals surface area contributed by atoms with Crippen LogP contribution >= 0.6 is 0 Å². The first-order valence-electron chi connectivity index (χ1n) is 14.5. The molecule has 0 spiro atoms. The van der Waals surface area contributed by atoms with E-state index in [-0.39, 0.29) is 16.9 Å². The number of sulfonamides is 1. The Labute approximate surface area is 239 Å². The number of nitrogens with zero attached hydrogens (tertiary/aromatic N) is 5. The van der Waals surface area contributed by atoms with Gasteiger partial charge in [0.2, 0.25) is 10.0 Å². The standard InChI is InChI=1S/C30H35F2N5O3S/c31-24-3-5-26(6-4-24)37-28-13-23-9-12-36(19-30(23,14-22(28)15-34-37)20-40-18-21-1-2-21)41(38,39)27-7-8-29(33-16-27)35-11-10-25(32)17-35/h3-7,13,15-16,21,25,29H,1-2,8-12,14,17-20H2/t25-,29?,30-/m1/s1. The summed E-state index contributed by atoms with van der Waals surface area (Å²) in [4.78, 5) is 6.72. The normalized spacial score (nSPS) is 28.7. The monoisotopic (exact) mass is 583 g/mol. The average molecular weight is 584 g/mol. The van der Waals surface area contributed by atoms with Crippen molar-refractivity contribution < 1.29 is 21.9 Å². The molecule has 2 aromatic rings. The SMILES string of the molecule is O=S(=O)(C1=CCC(N2CC[C@@H](F)C2)N=C1)N1CCC2=Cc3c(cnn3-c3ccc(F)cc3)C[C@]2(COCC2CC2)C1. The van der Waals surface area contributed by atoms with Gasteiger partial charge in [-0.15, -0.1) is 0 Å². The van der Waals surface area contributed by atoms with E-state index in [1.807, 2.05) is 15.8 Å². The lowest BCUT2D eigenvalue weighted by molar-refractivity contribution is 0.0360. The Morgan fingerprint density at radius 2 is 1.95 bits per heavy atom. The van der Waals surface area contributed by atoms with Gasteiger partial charge in [0.1, 0.15) is 18.2 Å². The fourth-order valence-corrected chi connectivity index (χ4v) is 8.14. The number of ether oxygens (including phenoxy) is 1. The quantitative estimate of drug-likeness (QED) is 0.467. The van der Waals surface area contributed by atoms with Crippen LogP contribution < -0.4 is 0 Å².